The van der Waals surface area contributed by atoms with Crippen LogP contribution in [0, 0.1) is 29.9 Å². The van der Waals surface area contributed by atoms with Gasteiger partial charge in [-0.15, -0.1) is 0 Å². The fourth-order valence-electron chi connectivity index (χ4n) is 5.12. The summed E-state index contributed by atoms with van der Waals surface area (Å²) >= 11 is 6.25. The van der Waals surface area contributed by atoms with Gasteiger partial charge in [-0.1, -0.05) is 17.7 Å². The number of ketones is 1. The maximum Gasteiger partial charge on any atom is 0.245 e. The molecule has 5 rings (SSSR count). The SMILES string of the molecule is Cc1c(Cl)ccc2c1NC(=O)[C@]21C(C#N)=C(N)N(c2ccc(F)cc2F)C2=C1C(=O)CCC2. The number of halogens is 3. The van der Waals surface area contributed by atoms with E-state index >= 15 is 0 Å². The first-order valence-corrected chi connectivity index (χ1v) is 10.6. The van der Waals surface area contributed by atoms with E-state index in [1.54, 1.807) is 19.1 Å². The molecule has 3 aliphatic rings. The number of hydrogen-bond acceptors (Lipinski definition) is 5. The lowest BCUT2D eigenvalue weighted by atomic mass is 9.63. The van der Waals surface area contributed by atoms with Crippen molar-refractivity contribution in [2.45, 2.75) is 31.6 Å². The van der Waals surface area contributed by atoms with Gasteiger partial charge in [-0.05, 0) is 43.5 Å². The number of nitriles is 1. The van der Waals surface area contributed by atoms with E-state index in [4.69, 9.17) is 17.3 Å². The fourth-order valence-corrected chi connectivity index (χ4v) is 5.27. The van der Waals surface area contributed by atoms with Crippen LogP contribution >= 0.6 is 11.6 Å². The lowest BCUT2D eigenvalue weighted by molar-refractivity contribution is -0.122. The van der Waals surface area contributed by atoms with Crippen molar-refractivity contribution >= 4 is 34.7 Å². The first-order chi connectivity index (χ1) is 15.7. The molecule has 0 saturated heterocycles. The Morgan fingerprint density at radius 1 is 1.21 bits per heavy atom. The lowest BCUT2D eigenvalue weighted by Gasteiger charge is -2.43. The van der Waals surface area contributed by atoms with Crippen LogP contribution in [-0.2, 0) is 15.0 Å². The van der Waals surface area contributed by atoms with Crippen LogP contribution in [0.4, 0.5) is 20.2 Å². The minimum atomic E-state index is -1.77. The van der Waals surface area contributed by atoms with Crippen LogP contribution in [0.25, 0.3) is 0 Å². The topological polar surface area (TPSA) is 99.2 Å². The second-order valence-corrected chi connectivity index (χ2v) is 8.61. The standard InChI is InChI=1S/C24H17ClF2N4O2/c1-11-15(25)7-6-13-21(11)30-23(33)24(13)14(10-28)22(29)31(17-8-5-12(26)9-16(17)27)18-3-2-4-19(32)20(18)24/h5-9H,2-4,29H2,1H3,(H,30,33)/t24-/m0/s1. The van der Waals surface area contributed by atoms with Crippen molar-refractivity contribution in [3.63, 3.8) is 0 Å². The Labute approximate surface area is 192 Å². The van der Waals surface area contributed by atoms with Gasteiger partial charge >= 0.3 is 0 Å². The molecule has 0 aromatic heterocycles. The second kappa shape index (κ2) is 7.15. The molecule has 3 N–H and O–H groups in total. The summed E-state index contributed by atoms with van der Waals surface area (Å²) in [6.45, 7) is 1.72. The molecular weight excluding hydrogens is 450 g/mol. The molecule has 0 unspecified atom stereocenters. The molecule has 0 fully saturated rings. The Morgan fingerprint density at radius 3 is 2.67 bits per heavy atom. The Morgan fingerprint density at radius 2 is 1.97 bits per heavy atom. The van der Waals surface area contributed by atoms with E-state index in [-0.39, 0.29) is 34.9 Å². The van der Waals surface area contributed by atoms with E-state index in [1.807, 2.05) is 6.07 Å². The number of fused-ring (bicyclic) bond motifs is 3. The largest absolute Gasteiger partial charge is 0.384 e. The highest BCUT2D eigenvalue weighted by Gasteiger charge is 2.60. The zero-order valence-corrected chi connectivity index (χ0v) is 18.2. The molecule has 6 nitrogen and oxygen atoms in total. The van der Waals surface area contributed by atoms with Crippen molar-refractivity contribution in [3.8, 4) is 6.07 Å². The summed E-state index contributed by atoms with van der Waals surface area (Å²) in [5, 5.41) is 13.4. The molecule has 1 spiro atoms. The molecule has 1 amide bonds. The Bertz CT molecular complexity index is 1390. The highest BCUT2D eigenvalue weighted by atomic mass is 35.5. The quantitative estimate of drug-likeness (QED) is 0.651. The average molecular weight is 467 g/mol. The number of nitrogens with zero attached hydrogens (tertiary/aromatic N) is 2. The van der Waals surface area contributed by atoms with Gasteiger partial charge in [-0.3, -0.25) is 14.5 Å². The summed E-state index contributed by atoms with van der Waals surface area (Å²) in [6.07, 6.45) is 0.929. The van der Waals surface area contributed by atoms with E-state index in [1.165, 1.54) is 11.0 Å². The van der Waals surface area contributed by atoms with Gasteiger partial charge in [0.25, 0.3) is 0 Å². The van der Waals surface area contributed by atoms with Gasteiger partial charge in [0.05, 0.1) is 16.9 Å². The number of amides is 1. The van der Waals surface area contributed by atoms with Crippen molar-refractivity contribution in [2.24, 2.45) is 5.73 Å². The number of allylic oxidation sites excluding steroid dienone is 1. The molecule has 2 aliphatic heterocycles. The average Bonchev–Trinajstić information content (AvgIpc) is 3.05. The van der Waals surface area contributed by atoms with Gasteiger partial charge in [-0.25, -0.2) is 8.78 Å². The van der Waals surface area contributed by atoms with Crippen molar-refractivity contribution < 1.29 is 18.4 Å². The van der Waals surface area contributed by atoms with Crippen LogP contribution in [0.1, 0.15) is 30.4 Å². The van der Waals surface area contributed by atoms with Crippen molar-refractivity contribution in [1.29, 1.82) is 5.26 Å². The number of anilines is 2. The van der Waals surface area contributed by atoms with E-state index in [9.17, 15) is 23.6 Å². The summed E-state index contributed by atoms with van der Waals surface area (Å²) in [4.78, 5) is 28.2. The monoisotopic (exact) mass is 466 g/mol. The Kier molecular flexibility index (Phi) is 4.59. The highest BCUT2D eigenvalue weighted by molar-refractivity contribution is 6.32. The zero-order valence-electron chi connectivity index (χ0n) is 17.4. The maximum atomic E-state index is 14.8. The normalized spacial score (nSPS) is 21.8. The number of benzene rings is 2. The molecule has 0 radical (unpaired) electrons. The molecule has 33 heavy (non-hydrogen) atoms. The third kappa shape index (κ3) is 2.63. The molecule has 9 heteroatoms. The smallest absolute Gasteiger partial charge is 0.245 e. The number of carbonyl (C=O) groups excluding carboxylic acids is 2. The van der Waals surface area contributed by atoms with Gasteiger partial charge in [0.1, 0.15) is 28.9 Å². The predicted octanol–water partition coefficient (Wildman–Crippen LogP) is 4.34. The maximum absolute atomic E-state index is 14.8. The fraction of sp³-hybridized carbons (Fsp3) is 0.208. The van der Waals surface area contributed by atoms with E-state index in [0.717, 1.165) is 6.07 Å². The second-order valence-electron chi connectivity index (χ2n) is 8.20. The van der Waals surface area contributed by atoms with Gasteiger partial charge in [0.15, 0.2) is 5.78 Å². The minimum absolute atomic E-state index is 0.0844. The molecule has 2 aromatic carbocycles. The highest BCUT2D eigenvalue weighted by Crippen LogP contribution is 2.56. The third-order valence-electron chi connectivity index (χ3n) is 6.55. The predicted molar refractivity (Wildman–Crippen MR) is 118 cm³/mol. The first kappa shape index (κ1) is 21.2. The number of carbonyl (C=O) groups is 2. The van der Waals surface area contributed by atoms with Gasteiger partial charge < -0.3 is 11.1 Å². The molecule has 2 heterocycles. The molecular formula is C24H17ClF2N4O2. The van der Waals surface area contributed by atoms with Crippen LogP contribution < -0.4 is 16.0 Å². The summed E-state index contributed by atoms with van der Waals surface area (Å²) < 4.78 is 28.4. The summed E-state index contributed by atoms with van der Waals surface area (Å²) in [5.74, 6) is -2.80. The molecule has 0 saturated carbocycles. The van der Waals surface area contributed by atoms with Gasteiger partial charge in [0.2, 0.25) is 5.91 Å². The molecule has 2 aromatic rings. The van der Waals surface area contributed by atoms with Crippen molar-refractivity contribution in [2.75, 3.05) is 10.2 Å². The number of rotatable bonds is 1. The van der Waals surface area contributed by atoms with E-state index < -0.39 is 23.0 Å². The van der Waals surface area contributed by atoms with E-state index in [0.29, 0.717) is 46.4 Å². The number of Topliss-reactive ketones (excluding diaryl/α,β-unsaturated/α-hetero) is 1. The summed E-state index contributed by atoms with van der Waals surface area (Å²) in [5.41, 5.74) is 6.17. The molecule has 1 atom stereocenters. The third-order valence-corrected chi connectivity index (χ3v) is 6.96. The number of nitrogens with two attached hydrogens (primary N) is 1. The number of hydrogen-bond donors (Lipinski definition) is 2. The minimum Gasteiger partial charge on any atom is -0.384 e. The van der Waals surface area contributed by atoms with Crippen LogP contribution in [0.5, 0.6) is 0 Å². The van der Waals surface area contributed by atoms with Crippen LogP contribution in [0.15, 0.2) is 53.0 Å². The van der Waals surface area contributed by atoms with Gasteiger partial charge in [-0.2, -0.15) is 5.26 Å². The van der Waals surface area contributed by atoms with Crippen LogP contribution in [0.2, 0.25) is 5.02 Å². The van der Waals surface area contributed by atoms with Crippen molar-refractivity contribution in [1.82, 2.24) is 0 Å². The van der Waals surface area contributed by atoms with Gasteiger partial charge in [0, 0.05) is 34.3 Å². The first-order valence-electron chi connectivity index (χ1n) is 10.3. The Hall–Kier alpha value is -3.70. The van der Waals surface area contributed by atoms with Crippen LogP contribution in [-0.4, -0.2) is 11.7 Å². The number of nitrogens with one attached hydrogen (secondary N) is 1. The molecule has 0 bridgehead atoms. The molecule has 1 aliphatic carbocycles. The van der Waals surface area contributed by atoms with E-state index in [2.05, 4.69) is 5.32 Å². The molecule has 166 valence electrons. The van der Waals surface area contributed by atoms with Crippen molar-refractivity contribution in [3.05, 3.63) is 80.8 Å². The lowest BCUT2D eigenvalue weighted by Crippen LogP contribution is -2.50. The Balaban J connectivity index is 1.90. The summed E-state index contributed by atoms with van der Waals surface area (Å²) in [6, 6.07) is 8.18. The summed E-state index contributed by atoms with van der Waals surface area (Å²) in [7, 11) is 0. The van der Waals surface area contributed by atoms with Crippen LogP contribution in [0.3, 0.4) is 0 Å². The zero-order chi connectivity index (χ0) is 23.7.